The zero-order valence-corrected chi connectivity index (χ0v) is 16.1. The maximum atomic E-state index is 12.4. The Morgan fingerprint density at radius 2 is 2.07 bits per heavy atom. The van der Waals surface area contributed by atoms with Crippen molar-refractivity contribution in [3.05, 3.63) is 60.4 Å². The second kappa shape index (κ2) is 9.44. The number of phenolic OH excluding ortho intramolecular Hbond substituents is 1. The first-order chi connectivity index (χ1) is 14.0. The summed E-state index contributed by atoms with van der Waals surface area (Å²) in [6, 6.07) is 11.6. The van der Waals surface area contributed by atoms with Crippen molar-refractivity contribution >= 4 is 11.6 Å². The van der Waals surface area contributed by atoms with Gasteiger partial charge in [-0.3, -0.25) is 4.79 Å². The monoisotopic (exact) mass is 391 g/mol. The molecule has 0 fully saturated rings. The number of aromatic hydroxyl groups is 1. The molecule has 3 aromatic rings. The van der Waals surface area contributed by atoms with Gasteiger partial charge in [0, 0.05) is 36.0 Å². The van der Waals surface area contributed by atoms with Gasteiger partial charge in [-0.25, -0.2) is 4.98 Å². The largest absolute Gasteiger partial charge is 0.508 e. The van der Waals surface area contributed by atoms with Crippen LogP contribution in [0.5, 0.6) is 11.5 Å². The highest BCUT2D eigenvalue weighted by Crippen LogP contribution is 2.30. The number of benzene rings is 2. The number of rotatable bonds is 6. The highest BCUT2D eigenvalue weighted by Gasteiger charge is 2.13. The van der Waals surface area contributed by atoms with E-state index in [1.165, 1.54) is 12.1 Å². The quantitative estimate of drug-likeness (QED) is 0.441. The third kappa shape index (κ3) is 5.61. The number of anilines is 1. The molecule has 7 heteroatoms. The van der Waals surface area contributed by atoms with Gasteiger partial charge in [-0.15, -0.1) is 0 Å². The fraction of sp³-hybridized carbons (Fsp3) is 0.182. The average molecular weight is 391 g/mol. The maximum Gasteiger partial charge on any atom is 0.300 e. The summed E-state index contributed by atoms with van der Waals surface area (Å²) in [7, 11) is 0. The lowest BCUT2D eigenvalue weighted by atomic mass is 10.1. The minimum atomic E-state index is -0.497. The molecular weight excluding hydrogens is 370 g/mol. The van der Waals surface area contributed by atoms with Crippen molar-refractivity contribution in [3.63, 3.8) is 0 Å². The molecule has 1 heterocycles. The van der Waals surface area contributed by atoms with Gasteiger partial charge in [-0.05, 0) is 56.3 Å². The summed E-state index contributed by atoms with van der Waals surface area (Å²) in [5, 5.41) is 12.1. The van der Waals surface area contributed by atoms with Gasteiger partial charge in [-0.2, -0.15) is 0 Å². The minimum absolute atomic E-state index is 0.139. The highest BCUT2D eigenvalue weighted by molar-refractivity contribution is 6.05. The van der Waals surface area contributed by atoms with E-state index in [-0.39, 0.29) is 5.75 Å². The number of aromatic nitrogens is 2. The summed E-state index contributed by atoms with van der Waals surface area (Å²) in [6.07, 6.45) is 2.89. The number of H-pyrrole nitrogens is 1. The van der Waals surface area contributed by atoms with Crippen LogP contribution in [0.4, 0.5) is 5.69 Å². The van der Waals surface area contributed by atoms with Crippen LogP contribution in [0, 0.1) is 11.8 Å². The molecule has 0 bridgehead atoms. The van der Waals surface area contributed by atoms with E-state index in [9.17, 15) is 9.90 Å². The molecule has 29 heavy (non-hydrogen) atoms. The lowest BCUT2D eigenvalue weighted by Gasteiger charge is -2.17. The van der Waals surface area contributed by atoms with Crippen LogP contribution in [0.25, 0.3) is 11.4 Å². The van der Waals surface area contributed by atoms with Gasteiger partial charge in [0.25, 0.3) is 0 Å². The molecule has 1 amide bonds. The summed E-state index contributed by atoms with van der Waals surface area (Å²) in [4.78, 5) is 19.6. The van der Waals surface area contributed by atoms with E-state index in [2.05, 4.69) is 27.1 Å². The predicted octanol–water partition coefficient (Wildman–Crippen LogP) is 3.53. The number of hydrogen-bond acceptors (Lipinski definition) is 5. The van der Waals surface area contributed by atoms with Gasteiger partial charge in [0.1, 0.15) is 17.3 Å². The van der Waals surface area contributed by atoms with Crippen molar-refractivity contribution in [3.8, 4) is 34.7 Å². The molecule has 1 atom stereocenters. The molecule has 0 spiro atoms. The number of hydrogen-bond donors (Lipinski definition) is 3. The zero-order chi connectivity index (χ0) is 20.6. The molecule has 3 N–H and O–H groups in total. The summed E-state index contributed by atoms with van der Waals surface area (Å²) in [5.74, 6) is 6.06. The van der Waals surface area contributed by atoms with Crippen LogP contribution in [0.3, 0.4) is 0 Å². The van der Waals surface area contributed by atoms with Gasteiger partial charge in [0.15, 0.2) is 6.29 Å². The molecule has 1 aromatic heterocycles. The Balaban J connectivity index is 1.83. The van der Waals surface area contributed by atoms with Gasteiger partial charge in [-0.1, -0.05) is 5.92 Å². The minimum Gasteiger partial charge on any atom is -0.508 e. The SMILES string of the molecule is CCOC(C)Oc1ccc(-c2ncc[nH]2)cc1NC(=O)C#Cc1ccc(O)cc1. The first kappa shape index (κ1) is 20.0. The summed E-state index contributed by atoms with van der Waals surface area (Å²) < 4.78 is 11.2. The average Bonchev–Trinajstić information content (AvgIpc) is 3.24. The van der Waals surface area contributed by atoms with E-state index in [4.69, 9.17) is 9.47 Å². The van der Waals surface area contributed by atoms with Crippen LogP contribution >= 0.6 is 0 Å². The van der Waals surface area contributed by atoms with Crippen LogP contribution in [0.2, 0.25) is 0 Å². The molecule has 1 unspecified atom stereocenters. The number of phenols is 1. The van der Waals surface area contributed by atoms with Gasteiger partial charge in [0.2, 0.25) is 0 Å². The van der Waals surface area contributed by atoms with Crippen LogP contribution < -0.4 is 10.1 Å². The van der Waals surface area contributed by atoms with Crippen molar-refractivity contribution < 1.29 is 19.4 Å². The second-order valence-corrected chi connectivity index (χ2v) is 6.04. The number of nitrogens with zero attached hydrogens (tertiary/aromatic N) is 1. The lowest BCUT2D eigenvalue weighted by Crippen LogP contribution is -2.18. The van der Waals surface area contributed by atoms with E-state index >= 15 is 0 Å². The molecule has 148 valence electrons. The normalized spacial score (nSPS) is 11.2. The van der Waals surface area contributed by atoms with E-state index in [1.807, 2.05) is 13.0 Å². The first-order valence-electron chi connectivity index (χ1n) is 9.09. The predicted molar refractivity (Wildman–Crippen MR) is 109 cm³/mol. The van der Waals surface area contributed by atoms with Crippen molar-refractivity contribution in [2.45, 2.75) is 20.1 Å². The third-order valence-electron chi connectivity index (χ3n) is 3.88. The van der Waals surface area contributed by atoms with Gasteiger partial charge < -0.3 is 24.9 Å². The van der Waals surface area contributed by atoms with Crippen molar-refractivity contribution in [2.24, 2.45) is 0 Å². The second-order valence-electron chi connectivity index (χ2n) is 6.04. The number of carbonyl (C=O) groups excluding carboxylic acids is 1. The Morgan fingerprint density at radius 1 is 1.28 bits per heavy atom. The van der Waals surface area contributed by atoms with Crippen LogP contribution in [0.1, 0.15) is 19.4 Å². The molecule has 2 aromatic carbocycles. The molecule has 7 nitrogen and oxygen atoms in total. The van der Waals surface area contributed by atoms with Crippen LogP contribution in [-0.2, 0) is 9.53 Å². The number of aromatic amines is 1. The molecule has 0 saturated heterocycles. The molecule has 0 aliphatic rings. The topological polar surface area (TPSA) is 96.5 Å². The molecular formula is C22H21N3O4. The Morgan fingerprint density at radius 3 is 2.76 bits per heavy atom. The van der Waals surface area contributed by atoms with Crippen LogP contribution in [-0.4, -0.2) is 33.9 Å². The molecule has 0 aliphatic carbocycles. The van der Waals surface area contributed by atoms with E-state index in [0.29, 0.717) is 29.4 Å². The number of imidazole rings is 1. The maximum absolute atomic E-state index is 12.4. The van der Waals surface area contributed by atoms with Crippen molar-refractivity contribution in [1.29, 1.82) is 0 Å². The Bertz CT molecular complexity index is 1020. The molecule has 0 aliphatic heterocycles. The zero-order valence-electron chi connectivity index (χ0n) is 16.1. The van der Waals surface area contributed by atoms with Gasteiger partial charge in [0.05, 0.1) is 5.69 Å². The first-order valence-corrected chi connectivity index (χ1v) is 9.09. The Hall–Kier alpha value is -3.76. The smallest absolute Gasteiger partial charge is 0.300 e. The fourth-order valence-corrected chi connectivity index (χ4v) is 2.58. The summed E-state index contributed by atoms with van der Waals surface area (Å²) >= 11 is 0. The Labute approximate surface area is 168 Å². The molecule has 0 radical (unpaired) electrons. The molecule has 0 saturated carbocycles. The Kier molecular flexibility index (Phi) is 6.51. The van der Waals surface area contributed by atoms with E-state index in [1.54, 1.807) is 43.6 Å². The number of carbonyl (C=O) groups is 1. The summed E-state index contributed by atoms with van der Waals surface area (Å²) in [6.45, 7) is 4.16. The van der Waals surface area contributed by atoms with E-state index < -0.39 is 12.2 Å². The van der Waals surface area contributed by atoms with Crippen molar-refractivity contribution in [1.82, 2.24) is 9.97 Å². The van der Waals surface area contributed by atoms with Crippen molar-refractivity contribution in [2.75, 3.05) is 11.9 Å². The fourth-order valence-electron chi connectivity index (χ4n) is 2.58. The number of amides is 1. The number of nitrogens with one attached hydrogen (secondary N) is 2. The third-order valence-corrected chi connectivity index (χ3v) is 3.88. The number of ether oxygens (including phenoxy) is 2. The van der Waals surface area contributed by atoms with Crippen LogP contribution in [0.15, 0.2) is 54.9 Å². The standard InChI is InChI=1S/C22H21N3O4/c1-3-28-15(2)29-20-10-7-17(22-23-12-13-24-22)14-19(20)25-21(27)11-6-16-4-8-18(26)9-5-16/h4-5,7-10,12-15,26H,3H2,1-2H3,(H,23,24)(H,25,27). The summed E-state index contributed by atoms with van der Waals surface area (Å²) in [5.41, 5.74) is 1.85. The van der Waals surface area contributed by atoms with E-state index in [0.717, 1.165) is 5.56 Å². The lowest BCUT2D eigenvalue weighted by molar-refractivity contribution is -0.111. The molecule has 3 rings (SSSR count). The highest BCUT2D eigenvalue weighted by atomic mass is 16.7. The van der Waals surface area contributed by atoms with Gasteiger partial charge >= 0.3 is 5.91 Å².